The molecule has 0 aliphatic heterocycles. The van der Waals surface area contributed by atoms with Crippen molar-refractivity contribution in [2.75, 3.05) is 5.32 Å². The lowest BCUT2D eigenvalue weighted by Crippen LogP contribution is -2.30. The highest BCUT2D eigenvalue weighted by molar-refractivity contribution is 5.98. The Bertz CT molecular complexity index is 798. The third kappa shape index (κ3) is 4.60. The first-order chi connectivity index (χ1) is 12.6. The summed E-state index contributed by atoms with van der Waals surface area (Å²) in [5.41, 5.74) is 2.64. The van der Waals surface area contributed by atoms with E-state index >= 15 is 0 Å². The number of para-hydroxylation sites is 1. The van der Waals surface area contributed by atoms with Crippen LogP contribution in [0.3, 0.4) is 0 Å². The average Bonchev–Trinajstić information content (AvgIpc) is 3.15. The molecular formula is C22H23NO3. The zero-order valence-corrected chi connectivity index (χ0v) is 14.9. The zero-order valence-electron chi connectivity index (χ0n) is 14.9. The van der Waals surface area contributed by atoms with Gasteiger partial charge in [0.25, 0.3) is 5.91 Å². The van der Waals surface area contributed by atoms with Crippen LogP contribution in [0.25, 0.3) is 11.1 Å². The van der Waals surface area contributed by atoms with Gasteiger partial charge in [-0.2, -0.15) is 0 Å². The fourth-order valence-corrected chi connectivity index (χ4v) is 3.07. The number of hydrogen-bond acceptors (Lipinski definition) is 3. The van der Waals surface area contributed by atoms with E-state index in [0.717, 1.165) is 24.0 Å². The predicted molar refractivity (Wildman–Crippen MR) is 103 cm³/mol. The molecule has 0 heterocycles. The van der Waals surface area contributed by atoms with Gasteiger partial charge in [-0.25, -0.2) is 0 Å². The lowest BCUT2D eigenvalue weighted by atomic mass is 10.0. The molecule has 0 saturated heterocycles. The SMILES string of the molecule is C[C@H](OC(=O)C[C@H]1C=CCC1)C(=O)Nc1ccccc1-c1ccccc1. The van der Waals surface area contributed by atoms with Gasteiger partial charge in [0.2, 0.25) is 0 Å². The number of benzene rings is 2. The number of esters is 1. The summed E-state index contributed by atoms with van der Waals surface area (Å²) in [6.07, 6.45) is 5.59. The maximum Gasteiger partial charge on any atom is 0.307 e. The van der Waals surface area contributed by atoms with Crippen LogP contribution in [0.5, 0.6) is 0 Å². The number of allylic oxidation sites excluding steroid dienone is 2. The molecule has 0 spiro atoms. The lowest BCUT2D eigenvalue weighted by Gasteiger charge is -2.16. The quantitative estimate of drug-likeness (QED) is 0.613. The van der Waals surface area contributed by atoms with Crippen LogP contribution in [0.2, 0.25) is 0 Å². The molecule has 0 bridgehead atoms. The van der Waals surface area contributed by atoms with E-state index in [2.05, 4.69) is 11.4 Å². The van der Waals surface area contributed by atoms with Crippen LogP contribution in [-0.2, 0) is 14.3 Å². The summed E-state index contributed by atoms with van der Waals surface area (Å²) in [5.74, 6) is -0.430. The van der Waals surface area contributed by atoms with E-state index in [1.54, 1.807) is 6.92 Å². The van der Waals surface area contributed by atoms with Gasteiger partial charge in [-0.3, -0.25) is 9.59 Å². The van der Waals surface area contributed by atoms with Crippen molar-refractivity contribution in [2.24, 2.45) is 5.92 Å². The fraction of sp³-hybridized carbons (Fsp3) is 0.273. The Balaban J connectivity index is 1.62. The van der Waals surface area contributed by atoms with Gasteiger partial charge >= 0.3 is 5.97 Å². The maximum atomic E-state index is 12.5. The van der Waals surface area contributed by atoms with Gasteiger partial charge in [0.1, 0.15) is 0 Å². The van der Waals surface area contributed by atoms with Crippen molar-refractivity contribution in [2.45, 2.75) is 32.3 Å². The van der Waals surface area contributed by atoms with E-state index in [0.29, 0.717) is 12.1 Å². The minimum atomic E-state index is -0.836. The fourth-order valence-electron chi connectivity index (χ4n) is 3.07. The number of carbonyl (C=O) groups is 2. The molecule has 0 fully saturated rings. The first-order valence-electron chi connectivity index (χ1n) is 8.95. The van der Waals surface area contributed by atoms with Crippen molar-refractivity contribution in [3.63, 3.8) is 0 Å². The Morgan fingerprint density at radius 2 is 1.85 bits per heavy atom. The van der Waals surface area contributed by atoms with Crippen molar-refractivity contribution >= 4 is 17.6 Å². The molecule has 0 saturated carbocycles. The molecule has 26 heavy (non-hydrogen) atoms. The molecule has 1 aliphatic carbocycles. The molecule has 2 aromatic carbocycles. The maximum absolute atomic E-state index is 12.5. The Morgan fingerprint density at radius 3 is 2.58 bits per heavy atom. The minimum absolute atomic E-state index is 0.233. The summed E-state index contributed by atoms with van der Waals surface area (Å²) < 4.78 is 5.31. The summed E-state index contributed by atoms with van der Waals surface area (Å²) in [5, 5.41) is 2.88. The van der Waals surface area contributed by atoms with Crippen LogP contribution in [0.1, 0.15) is 26.2 Å². The predicted octanol–water partition coefficient (Wildman–Crippen LogP) is 4.58. The Morgan fingerprint density at radius 1 is 1.12 bits per heavy atom. The highest BCUT2D eigenvalue weighted by atomic mass is 16.5. The van der Waals surface area contributed by atoms with Crippen LogP contribution in [0.15, 0.2) is 66.7 Å². The molecule has 4 heteroatoms. The molecule has 1 amide bonds. The average molecular weight is 349 g/mol. The van der Waals surface area contributed by atoms with Gasteiger partial charge < -0.3 is 10.1 Å². The van der Waals surface area contributed by atoms with Gasteiger partial charge in [-0.1, -0.05) is 60.7 Å². The Labute approximate surface area is 153 Å². The first-order valence-corrected chi connectivity index (χ1v) is 8.95. The smallest absolute Gasteiger partial charge is 0.307 e. The van der Waals surface area contributed by atoms with E-state index in [1.807, 2.05) is 60.7 Å². The number of hydrogen-bond donors (Lipinski definition) is 1. The number of amides is 1. The van der Waals surface area contributed by atoms with Crippen molar-refractivity contribution in [3.8, 4) is 11.1 Å². The summed E-state index contributed by atoms with van der Waals surface area (Å²) in [6, 6.07) is 17.4. The van der Waals surface area contributed by atoms with E-state index in [-0.39, 0.29) is 17.8 Å². The molecule has 1 aliphatic rings. The van der Waals surface area contributed by atoms with Gasteiger partial charge in [0, 0.05) is 11.3 Å². The molecule has 4 nitrogen and oxygen atoms in total. The number of ether oxygens (including phenoxy) is 1. The van der Waals surface area contributed by atoms with E-state index in [1.165, 1.54) is 0 Å². The second-order valence-electron chi connectivity index (χ2n) is 6.50. The largest absolute Gasteiger partial charge is 0.453 e. The molecule has 2 atom stereocenters. The zero-order chi connectivity index (χ0) is 18.4. The van der Waals surface area contributed by atoms with E-state index < -0.39 is 6.10 Å². The molecule has 0 unspecified atom stereocenters. The molecule has 0 aromatic heterocycles. The van der Waals surface area contributed by atoms with Gasteiger partial charge in [0.05, 0.1) is 6.42 Å². The van der Waals surface area contributed by atoms with E-state index in [4.69, 9.17) is 4.74 Å². The first kappa shape index (κ1) is 17.9. The van der Waals surface area contributed by atoms with Crippen molar-refractivity contribution in [1.82, 2.24) is 0 Å². The Kier molecular flexibility index (Phi) is 5.84. The van der Waals surface area contributed by atoms with Crippen LogP contribution in [-0.4, -0.2) is 18.0 Å². The minimum Gasteiger partial charge on any atom is -0.453 e. The van der Waals surface area contributed by atoms with Crippen molar-refractivity contribution < 1.29 is 14.3 Å². The molecule has 0 radical (unpaired) electrons. The van der Waals surface area contributed by atoms with Crippen LogP contribution in [0.4, 0.5) is 5.69 Å². The van der Waals surface area contributed by atoms with Gasteiger partial charge in [-0.15, -0.1) is 0 Å². The van der Waals surface area contributed by atoms with E-state index in [9.17, 15) is 9.59 Å². The number of nitrogens with one attached hydrogen (secondary N) is 1. The normalized spacial score (nSPS) is 16.9. The van der Waals surface area contributed by atoms with Crippen LogP contribution >= 0.6 is 0 Å². The summed E-state index contributed by atoms with van der Waals surface area (Å²) in [4.78, 5) is 24.5. The third-order valence-electron chi connectivity index (χ3n) is 4.49. The van der Waals surface area contributed by atoms with Crippen LogP contribution < -0.4 is 5.32 Å². The molecule has 134 valence electrons. The van der Waals surface area contributed by atoms with Gasteiger partial charge in [0.15, 0.2) is 6.10 Å². The van der Waals surface area contributed by atoms with Gasteiger partial charge in [-0.05, 0) is 37.3 Å². The number of carbonyl (C=O) groups excluding carboxylic acids is 2. The number of anilines is 1. The van der Waals surface area contributed by atoms with Crippen molar-refractivity contribution in [1.29, 1.82) is 0 Å². The van der Waals surface area contributed by atoms with Crippen molar-refractivity contribution in [3.05, 3.63) is 66.7 Å². The lowest BCUT2D eigenvalue weighted by molar-refractivity contribution is -0.153. The topological polar surface area (TPSA) is 55.4 Å². The standard InChI is InChI=1S/C22H23NO3/c1-16(26-21(24)15-17-9-5-6-10-17)22(25)23-20-14-8-7-13-19(20)18-11-3-2-4-12-18/h2-5,7-9,11-14,16-17H,6,10,15H2,1H3,(H,23,25)/t16-,17-/m0/s1. The number of rotatable bonds is 6. The molecule has 3 rings (SSSR count). The monoisotopic (exact) mass is 349 g/mol. The molecule has 1 N–H and O–H groups in total. The second kappa shape index (κ2) is 8.48. The summed E-state index contributed by atoms with van der Waals surface area (Å²) in [7, 11) is 0. The summed E-state index contributed by atoms with van der Waals surface area (Å²) in [6.45, 7) is 1.60. The highest BCUT2D eigenvalue weighted by Gasteiger charge is 2.21. The van der Waals surface area contributed by atoms with Crippen LogP contribution in [0, 0.1) is 5.92 Å². The Hall–Kier alpha value is -2.88. The highest BCUT2D eigenvalue weighted by Crippen LogP contribution is 2.27. The summed E-state index contributed by atoms with van der Waals surface area (Å²) >= 11 is 0. The molecule has 2 aromatic rings. The molecular weight excluding hydrogens is 326 g/mol. The second-order valence-corrected chi connectivity index (χ2v) is 6.50. The third-order valence-corrected chi connectivity index (χ3v) is 4.49.